The van der Waals surface area contributed by atoms with Crippen LogP contribution < -0.4 is 5.32 Å². The van der Waals surface area contributed by atoms with Crippen molar-refractivity contribution in [3.63, 3.8) is 0 Å². The summed E-state index contributed by atoms with van der Waals surface area (Å²) in [5.41, 5.74) is 2.05. The van der Waals surface area contributed by atoms with E-state index in [4.69, 9.17) is 0 Å². The third kappa shape index (κ3) is 4.66. The molecule has 2 atom stereocenters. The number of imidazole rings is 1. The molecule has 2 aromatic heterocycles. The van der Waals surface area contributed by atoms with Gasteiger partial charge in [0.2, 0.25) is 5.91 Å². The molecule has 0 aliphatic rings. The summed E-state index contributed by atoms with van der Waals surface area (Å²) in [6.45, 7) is 7.84. The maximum atomic E-state index is 13.3. The van der Waals surface area contributed by atoms with Crippen LogP contribution in [0.1, 0.15) is 55.5 Å². The SMILES string of the molecule is Cc1cccn2c(C(CC(=O)NC(C)C(C)C)c3cccc(C(F)(F)F)c3)cnc12. The van der Waals surface area contributed by atoms with Gasteiger partial charge in [-0.15, -0.1) is 0 Å². The second kappa shape index (κ2) is 8.50. The first-order valence-electron chi connectivity index (χ1n) is 9.97. The van der Waals surface area contributed by atoms with Crippen LogP contribution in [0.4, 0.5) is 13.2 Å². The lowest BCUT2D eigenvalue weighted by molar-refractivity contribution is -0.137. The zero-order chi connectivity index (χ0) is 22.1. The summed E-state index contributed by atoms with van der Waals surface area (Å²) in [6, 6.07) is 8.92. The van der Waals surface area contributed by atoms with E-state index >= 15 is 0 Å². The van der Waals surface area contributed by atoms with Gasteiger partial charge in [-0.2, -0.15) is 13.2 Å². The molecule has 0 spiro atoms. The fraction of sp³-hybridized carbons (Fsp3) is 0.391. The Morgan fingerprint density at radius 3 is 2.57 bits per heavy atom. The minimum absolute atomic E-state index is 0.0279. The van der Waals surface area contributed by atoms with Gasteiger partial charge in [0.1, 0.15) is 5.65 Å². The first-order valence-corrected chi connectivity index (χ1v) is 9.97. The predicted octanol–water partition coefficient (Wildman–Crippen LogP) is 5.34. The fourth-order valence-corrected chi connectivity index (χ4v) is 3.42. The Bertz CT molecular complexity index is 1040. The number of fused-ring (bicyclic) bond motifs is 1. The molecule has 30 heavy (non-hydrogen) atoms. The van der Waals surface area contributed by atoms with Crippen molar-refractivity contribution >= 4 is 11.6 Å². The number of aryl methyl sites for hydroxylation is 1. The van der Waals surface area contributed by atoms with Crippen LogP contribution in [0.25, 0.3) is 5.65 Å². The highest BCUT2D eigenvalue weighted by Crippen LogP contribution is 2.34. The monoisotopic (exact) mass is 417 g/mol. The average molecular weight is 417 g/mol. The molecule has 160 valence electrons. The van der Waals surface area contributed by atoms with Crippen molar-refractivity contribution < 1.29 is 18.0 Å². The summed E-state index contributed by atoms with van der Waals surface area (Å²) in [4.78, 5) is 17.2. The second-order valence-electron chi connectivity index (χ2n) is 8.05. The van der Waals surface area contributed by atoms with E-state index < -0.39 is 17.7 Å². The van der Waals surface area contributed by atoms with Crippen LogP contribution in [0.15, 0.2) is 48.8 Å². The smallest absolute Gasteiger partial charge is 0.353 e. The van der Waals surface area contributed by atoms with Gasteiger partial charge in [0.05, 0.1) is 11.3 Å². The summed E-state index contributed by atoms with van der Waals surface area (Å²) >= 11 is 0. The molecule has 2 unspecified atom stereocenters. The lowest BCUT2D eigenvalue weighted by Gasteiger charge is -2.22. The number of aromatic nitrogens is 2. The Morgan fingerprint density at radius 2 is 1.90 bits per heavy atom. The minimum Gasteiger partial charge on any atom is -0.353 e. The van der Waals surface area contributed by atoms with E-state index in [1.807, 2.05) is 50.4 Å². The van der Waals surface area contributed by atoms with Crippen LogP contribution in [0.5, 0.6) is 0 Å². The van der Waals surface area contributed by atoms with Crippen LogP contribution in [0.2, 0.25) is 0 Å². The van der Waals surface area contributed by atoms with Gasteiger partial charge in [0, 0.05) is 30.8 Å². The molecule has 0 saturated carbocycles. The Labute approximate surface area is 174 Å². The standard InChI is InChI=1S/C23H26F3N3O/c1-14(2)16(4)28-21(30)12-19(17-8-5-9-18(11-17)23(24,25)26)20-13-27-22-15(3)7-6-10-29(20)22/h5-11,13-14,16,19H,12H2,1-4H3,(H,28,30). The molecule has 3 aromatic rings. The first-order chi connectivity index (χ1) is 14.1. The predicted molar refractivity (Wildman–Crippen MR) is 110 cm³/mol. The molecule has 1 amide bonds. The number of alkyl halides is 3. The number of nitrogens with zero attached hydrogens (tertiary/aromatic N) is 2. The number of benzene rings is 1. The Hall–Kier alpha value is -2.83. The summed E-state index contributed by atoms with van der Waals surface area (Å²) in [7, 11) is 0. The molecule has 0 saturated heterocycles. The van der Waals surface area contributed by atoms with Crippen molar-refractivity contribution in [2.75, 3.05) is 0 Å². The number of carbonyl (C=O) groups excluding carboxylic acids is 1. The van der Waals surface area contributed by atoms with Gasteiger partial charge in [-0.05, 0) is 43.0 Å². The zero-order valence-electron chi connectivity index (χ0n) is 17.5. The molecule has 0 radical (unpaired) electrons. The van der Waals surface area contributed by atoms with E-state index in [1.54, 1.807) is 12.3 Å². The Balaban J connectivity index is 2.05. The van der Waals surface area contributed by atoms with E-state index in [-0.39, 0.29) is 24.3 Å². The minimum atomic E-state index is -4.45. The van der Waals surface area contributed by atoms with E-state index in [2.05, 4.69) is 10.3 Å². The molecule has 0 bridgehead atoms. The highest BCUT2D eigenvalue weighted by atomic mass is 19.4. The molecule has 1 N–H and O–H groups in total. The summed E-state index contributed by atoms with van der Waals surface area (Å²) in [5.74, 6) is -0.524. The molecular formula is C23H26F3N3O. The number of rotatable bonds is 6. The summed E-state index contributed by atoms with van der Waals surface area (Å²) in [5, 5.41) is 2.95. The van der Waals surface area contributed by atoms with Crippen molar-refractivity contribution in [3.8, 4) is 0 Å². The van der Waals surface area contributed by atoms with E-state index in [1.165, 1.54) is 6.07 Å². The van der Waals surface area contributed by atoms with Crippen molar-refractivity contribution in [1.29, 1.82) is 0 Å². The van der Waals surface area contributed by atoms with Gasteiger partial charge in [-0.1, -0.05) is 38.1 Å². The fourth-order valence-electron chi connectivity index (χ4n) is 3.42. The molecule has 2 heterocycles. The van der Waals surface area contributed by atoms with Gasteiger partial charge in [0.25, 0.3) is 0 Å². The molecular weight excluding hydrogens is 391 g/mol. The van der Waals surface area contributed by atoms with Crippen molar-refractivity contribution in [2.45, 2.75) is 52.3 Å². The summed E-state index contributed by atoms with van der Waals surface area (Å²) < 4.78 is 41.8. The number of pyridine rings is 1. The number of carbonyl (C=O) groups is 1. The van der Waals surface area contributed by atoms with Gasteiger partial charge >= 0.3 is 6.18 Å². The molecule has 7 heteroatoms. The molecule has 0 aliphatic heterocycles. The molecule has 0 aliphatic carbocycles. The Morgan fingerprint density at radius 1 is 1.17 bits per heavy atom. The normalized spacial score (nSPS) is 14.1. The Kier molecular flexibility index (Phi) is 6.19. The van der Waals surface area contributed by atoms with Crippen molar-refractivity contribution in [3.05, 3.63) is 71.2 Å². The number of amides is 1. The zero-order valence-corrected chi connectivity index (χ0v) is 17.5. The van der Waals surface area contributed by atoms with Crippen molar-refractivity contribution in [2.24, 2.45) is 5.92 Å². The molecule has 1 aromatic carbocycles. The van der Waals surface area contributed by atoms with E-state index in [0.29, 0.717) is 11.3 Å². The van der Waals surface area contributed by atoms with Crippen LogP contribution >= 0.6 is 0 Å². The quantitative estimate of drug-likeness (QED) is 0.588. The second-order valence-corrected chi connectivity index (χ2v) is 8.05. The molecule has 4 nitrogen and oxygen atoms in total. The summed E-state index contributed by atoms with van der Waals surface area (Å²) in [6.07, 6.45) is -0.961. The topological polar surface area (TPSA) is 46.4 Å². The van der Waals surface area contributed by atoms with Gasteiger partial charge < -0.3 is 9.72 Å². The van der Waals surface area contributed by atoms with Gasteiger partial charge in [-0.25, -0.2) is 4.98 Å². The largest absolute Gasteiger partial charge is 0.416 e. The lowest BCUT2D eigenvalue weighted by atomic mass is 9.90. The maximum Gasteiger partial charge on any atom is 0.416 e. The number of halogens is 3. The third-order valence-electron chi connectivity index (χ3n) is 5.51. The van der Waals surface area contributed by atoms with Crippen LogP contribution in [-0.4, -0.2) is 21.3 Å². The third-order valence-corrected chi connectivity index (χ3v) is 5.51. The van der Waals surface area contributed by atoms with E-state index in [0.717, 1.165) is 23.3 Å². The maximum absolute atomic E-state index is 13.3. The van der Waals surface area contributed by atoms with Crippen LogP contribution in [-0.2, 0) is 11.0 Å². The van der Waals surface area contributed by atoms with Gasteiger partial charge in [-0.3, -0.25) is 4.79 Å². The van der Waals surface area contributed by atoms with Crippen LogP contribution in [0.3, 0.4) is 0 Å². The molecule has 0 fully saturated rings. The van der Waals surface area contributed by atoms with Gasteiger partial charge in [0.15, 0.2) is 0 Å². The lowest BCUT2D eigenvalue weighted by Crippen LogP contribution is -2.36. The highest BCUT2D eigenvalue weighted by Gasteiger charge is 2.32. The molecule has 3 rings (SSSR count). The number of hydrogen-bond acceptors (Lipinski definition) is 2. The van der Waals surface area contributed by atoms with E-state index in [9.17, 15) is 18.0 Å². The number of nitrogens with one attached hydrogen (secondary N) is 1. The van der Waals surface area contributed by atoms with Crippen molar-refractivity contribution in [1.82, 2.24) is 14.7 Å². The average Bonchev–Trinajstić information content (AvgIpc) is 3.10. The first kappa shape index (κ1) is 21.9. The van der Waals surface area contributed by atoms with Crippen LogP contribution in [0, 0.1) is 12.8 Å². The highest BCUT2D eigenvalue weighted by molar-refractivity contribution is 5.78. The number of hydrogen-bond donors (Lipinski definition) is 1.